The summed E-state index contributed by atoms with van der Waals surface area (Å²) in [6, 6.07) is 0. The van der Waals surface area contributed by atoms with Gasteiger partial charge in [-0.15, -0.1) is 0 Å². The van der Waals surface area contributed by atoms with Crippen molar-refractivity contribution in [2.45, 2.75) is 0 Å². The van der Waals surface area contributed by atoms with Crippen LogP contribution in [-0.4, -0.2) is 48.9 Å². The summed E-state index contributed by atoms with van der Waals surface area (Å²) in [6.45, 7) is 0. The monoisotopic (exact) mass is 254 g/mol. The van der Waals surface area contributed by atoms with Crippen molar-refractivity contribution in [1.82, 2.24) is 0 Å². The van der Waals surface area contributed by atoms with Gasteiger partial charge in [0.05, 0.1) is 0 Å². The van der Waals surface area contributed by atoms with E-state index in [9.17, 15) is 0 Å². The van der Waals surface area contributed by atoms with Gasteiger partial charge in [0.25, 0.3) is 0 Å². The average Bonchev–Trinajstić information content (AvgIpc) is 0. The molecule has 0 rings (SSSR count). The van der Waals surface area contributed by atoms with E-state index < -0.39 is 0 Å². The first-order chi connectivity index (χ1) is 0. The van der Waals surface area contributed by atoms with Gasteiger partial charge in [0, 0.05) is 0 Å². The summed E-state index contributed by atoms with van der Waals surface area (Å²) in [5.41, 5.74) is 0. The Morgan fingerprint density at radius 3 is 1.00 bits per heavy atom. The second-order valence-corrected chi connectivity index (χ2v) is 0. The maximum atomic E-state index is 0. The topological polar surface area (TPSA) is 28.5 Å². The molecule has 0 aromatic heterocycles. The molecule has 0 fully saturated rings. The van der Waals surface area contributed by atoms with E-state index >= 15 is 0 Å². The van der Waals surface area contributed by atoms with Gasteiger partial charge in [-0.3, -0.25) is 0 Å². The van der Waals surface area contributed by atoms with E-state index in [0.29, 0.717) is 0 Å². The second kappa shape index (κ2) is 17.1. The first-order valence-electron chi connectivity index (χ1n) is 0. The Kier molecular flexibility index (Phi) is 125. The van der Waals surface area contributed by atoms with Crippen molar-refractivity contribution in [1.29, 1.82) is 0 Å². The Hall–Kier alpha value is 2.78. The van der Waals surface area contributed by atoms with Crippen LogP contribution in [0.1, 0.15) is 0 Å². The molecule has 0 spiro atoms. The van der Waals surface area contributed by atoms with Crippen LogP contribution in [0.3, 0.4) is 0 Å². The quantitative estimate of drug-likeness (QED) is 0.521. The summed E-state index contributed by atoms with van der Waals surface area (Å²) >= 11 is 0. The van der Waals surface area contributed by atoms with Crippen LogP contribution < -0.4 is 0 Å². The van der Waals surface area contributed by atoms with Crippen LogP contribution in [0.25, 0.3) is 0 Å². The third kappa shape index (κ3) is 8.84. The van der Waals surface area contributed by atoms with E-state index in [4.69, 9.17) is 0 Å². The molecule has 4 heteroatoms. The minimum Gasteiger partial charge on any atom is -2.00 e. The van der Waals surface area contributed by atoms with Gasteiger partial charge in [-0.05, 0) is 0 Å². The molecule has 1 nitrogen and oxygen atoms in total. The van der Waals surface area contributed by atoms with E-state index in [2.05, 4.69) is 0 Å². The van der Waals surface area contributed by atoms with E-state index in [1.165, 1.54) is 0 Å². The van der Waals surface area contributed by atoms with Gasteiger partial charge in [0.2, 0.25) is 0 Å². The maximum absolute atomic E-state index is 0. The molecule has 0 atom stereocenters. The molecule has 11 valence electrons. The van der Waals surface area contributed by atoms with E-state index in [0.717, 1.165) is 0 Å². The van der Waals surface area contributed by atoms with Gasteiger partial charge in [-0.25, -0.2) is 0 Å². The third-order valence-corrected chi connectivity index (χ3v) is 0. The Bertz CT molecular complexity index is 8.00. The van der Waals surface area contributed by atoms with Crippen LogP contribution >= 0.6 is 0 Å². The molecule has 0 aromatic carbocycles. The molecule has 0 heterocycles. The third-order valence-electron chi connectivity index (χ3n) is 0. The van der Waals surface area contributed by atoms with Crippen molar-refractivity contribution in [3.8, 4) is 0 Å². The molecule has 0 aliphatic rings. The zero-order chi connectivity index (χ0) is 0. The fourth-order valence-corrected chi connectivity index (χ4v) is 0. The van der Waals surface area contributed by atoms with Gasteiger partial charge in [0.15, 0.2) is 0 Å². The van der Waals surface area contributed by atoms with Crippen molar-refractivity contribution in [3.05, 3.63) is 0 Å². The molecule has 1 radical (unpaired) electrons. The molecular formula is BaCrOTi+7. The Morgan fingerprint density at radius 2 is 1.00 bits per heavy atom. The SMILES string of the molecule is [Ba+2].[Cr+3].[O-2].[Ti+4]. The second-order valence-electron chi connectivity index (χ2n) is 0. The minimum absolute atomic E-state index is 0. The molecule has 0 saturated carbocycles. The first kappa shape index (κ1) is 29.3. The summed E-state index contributed by atoms with van der Waals surface area (Å²) in [5, 5.41) is 0. The Balaban J connectivity index is 0. The fourth-order valence-electron chi connectivity index (χ4n) is 0. The zero-order valence-corrected chi connectivity index (χ0v) is 9.30. The molecule has 0 aliphatic carbocycles. The summed E-state index contributed by atoms with van der Waals surface area (Å²) < 4.78 is 0. The first-order valence-corrected chi connectivity index (χ1v) is 0. The summed E-state index contributed by atoms with van der Waals surface area (Å²) in [6.07, 6.45) is 0. The van der Waals surface area contributed by atoms with Gasteiger partial charge in [-0.2, -0.15) is 0 Å². The van der Waals surface area contributed by atoms with E-state index in [-0.39, 0.29) is 93.4 Å². The molecular weight excluding hydrogens is 253 g/mol. The van der Waals surface area contributed by atoms with Crippen molar-refractivity contribution >= 4 is 48.9 Å². The molecule has 4 heavy (non-hydrogen) atoms. The van der Waals surface area contributed by atoms with Crippen molar-refractivity contribution in [2.75, 3.05) is 0 Å². The summed E-state index contributed by atoms with van der Waals surface area (Å²) in [5.74, 6) is 0. The predicted octanol–water partition coefficient (Wildman–Crippen LogP) is -0.505. The van der Waals surface area contributed by atoms with Gasteiger partial charge < -0.3 is 5.48 Å². The average molecular weight is 253 g/mol. The predicted molar refractivity (Wildman–Crippen MR) is 6.44 cm³/mol. The van der Waals surface area contributed by atoms with E-state index in [1.54, 1.807) is 0 Å². The molecule has 0 N–H and O–H groups in total. The Morgan fingerprint density at radius 1 is 1.00 bits per heavy atom. The van der Waals surface area contributed by atoms with Crippen molar-refractivity contribution in [2.24, 2.45) is 0 Å². The molecule has 0 saturated heterocycles. The number of hydrogen-bond acceptors (Lipinski definition) is 0. The van der Waals surface area contributed by atoms with Gasteiger partial charge in [-0.1, -0.05) is 0 Å². The Labute approximate surface area is 91.3 Å². The van der Waals surface area contributed by atoms with E-state index in [1.807, 2.05) is 0 Å². The molecule has 0 aliphatic heterocycles. The largest absolute Gasteiger partial charge is 4.00 e. The van der Waals surface area contributed by atoms with Crippen LogP contribution in [0, 0.1) is 0 Å². The molecule has 0 aromatic rings. The van der Waals surface area contributed by atoms with Crippen LogP contribution in [0.15, 0.2) is 0 Å². The van der Waals surface area contributed by atoms with Crippen LogP contribution in [-0.2, 0) is 44.6 Å². The molecule has 0 bridgehead atoms. The van der Waals surface area contributed by atoms with Crippen LogP contribution in [0.4, 0.5) is 0 Å². The van der Waals surface area contributed by atoms with Gasteiger partial charge in [0.1, 0.15) is 0 Å². The minimum atomic E-state index is 0. The van der Waals surface area contributed by atoms with Gasteiger partial charge >= 0.3 is 88.0 Å². The zero-order valence-electron chi connectivity index (χ0n) is 2.02. The number of rotatable bonds is 0. The summed E-state index contributed by atoms with van der Waals surface area (Å²) in [7, 11) is 0. The number of hydrogen-bond donors (Lipinski definition) is 0. The van der Waals surface area contributed by atoms with Crippen molar-refractivity contribution in [3.63, 3.8) is 0 Å². The summed E-state index contributed by atoms with van der Waals surface area (Å²) in [4.78, 5) is 0. The molecule has 0 amide bonds. The normalized spacial score (nSPS) is 0. The van der Waals surface area contributed by atoms with Crippen LogP contribution in [0.2, 0.25) is 0 Å². The smallest absolute Gasteiger partial charge is 2.00 e. The fraction of sp³-hybridized carbons (Fsp3) is 0. The maximum Gasteiger partial charge on any atom is 4.00 e. The standard InChI is InChI=1S/Ba.Cr.O.Ti/q+2;+3;-2;+4. The molecule has 0 unspecified atom stereocenters. The van der Waals surface area contributed by atoms with Crippen LogP contribution in [0.5, 0.6) is 0 Å². The van der Waals surface area contributed by atoms with Crippen molar-refractivity contribution < 1.29 is 44.6 Å².